The van der Waals surface area contributed by atoms with E-state index in [2.05, 4.69) is 4.74 Å². The maximum absolute atomic E-state index is 13.9. The van der Waals surface area contributed by atoms with Crippen LogP contribution in [0.1, 0.15) is 21.5 Å². The van der Waals surface area contributed by atoms with E-state index < -0.39 is 17.7 Å². The van der Waals surface area contributed by atoms with E-state index in [9.17, 15) is 14.0 Å². The maximum Gasteiger partial charge on any atom is 0.325 e. The third-order valence-electron chi connectivity index (χ3n) is 3.56. The van der Waals surface area contributed by atoms with E-state index >= 15 is 0 Å². The number of nitrogens with zero attached hydrogens (tertiary/aromatic N) is 1. The van der Waals surface area contributed by atoms with Gasteiger partial charge in [-0.25, -0.2) is 4.39 Å². The summed E-state index contributed by atoms with van der Waals surface area (Å²) < 4.78 is 18.5. The van der Waals surface area contributed by atoms with Gasteiger partial charge in [0.05, 0.1) is 12.7 Å². The Morgan fingerprint density at radius 2 is 1.74 bits per heavy atom. The van der Waals surface area contributed by atoms with Crippen LogP contribution in [-0.2, 0) is 16.1 Å². The van der Waals surface area contributed by atoms with Crippen molar-refractivity contribution in [2.45, 2.75) is 13.5 Å². The predicted octanol–water partition coefficient (Wildman–Crippen LogP) is 2.95. The third kappa shape index (κ3) is 4.16. The Balaban J connectivity index is 2.30. The minimum atomic E-state index is -0.614. The lowest BCUT2D eigenvalue weighted by atomic mass is 10.1. The van der Waals surface area contributed by atoms with Crippen molar-refractivity contribution >= 4 is 11.9 Å². The number of amides is 1. The van der Waals surface area contributed by atoms with Crippen molar-refractivity contribution in [3.05, 3.63) is 71.0 Å². The van der Waals surface area contributed by atoms with Gasteiger partial charge in [-0.2, -0.15) is 0 Å². The van der Waals surface area contributed by atoms with E-state index in [0.717, 1.165) is 11.1 Å². The van der Waals surface area contributed by atoms with E-state index in [4.69, 9.17) is 0 Å². The molecule has 2 aromatic carbocycles. The number of carbonyl (C=O) groups excluding carboxylic acids is 2. The molecule has 0 unspecified atom stereocenters. The van der Waals surface area contributed by atoms with Gasteiger partial charge in [0.1, 0.15) is 12.4 Å². The van der Waals surface area contributed by atoms with Crippen LogP contribution < -0.4 is 0 Å². The fraction of sp³-hybridized carbons (Fsp3) is 0.222. The van der Waals surface area contributed by atoms with E-state index in [-0.39, 0.29) is 18.7 Å². The van der Waals surface area contributed by atoms with Crippen molar-refractivity contribution in [3.8, 4) is 0 Å². The summed E-state index contributed by atoms with van der Waals surface area (Å²) in [7, 11) is 1.25. The standard InChI is InChI=1S/C18H18FNO3/c1-13-7-3-4-8-14(13)11-20(12-17(21)23-2)18(22)15-9-5-6-10-16(15)19/h3-10H,11-12H2,1-2H3. The summed E-state index contributed by atoms with van der Waals surface area (Å²) in [6, 6.07) is 13.2. The normalized spacial score (nSPS) is 10.2. The lowest BCUT2D eigenvalue weighted by molar-refractivity contribution is -0.141. The van der Waals surface area contributed by atoms with Crippen LogP contribution in [0.5, 0.6) is 0 Å². The first-order chi connectivity index (χ1) is 11.0. The SMILES string of the molecule is COC(=O)CN(Cc1ccccc1C)C(=O)c1ccccc1F. The molecule has 0 spiro atoms. The zero-order valence-electron chi connectivity index (χ0n) is 13.1. The molecule has 120 valence electrons. The molecular formula is C18H18FNO3. The maximum atomic E-state index is 13.9. The molecule has 23 heavy (non-hydrogen) atoms. The Morgan fingerprint density at radius 1 is 1.09 bits per heavy atom. The molecule has 0 aromatic heterocycles. The Morgan fingerprint density at radius 3 is 2.39 bits per heavy atom. The molecule has 0 N–H and O–H groups in total. The quantitative estimate of drug-likeness (QED) is 0.797. The summed E-state index contributed by atoms with van der Waals surface area (Å²) in [4.78, 5) is 25.5. The molecule has 2 rings (SSSR count). The number of halogens is 1. The summed E-state index contributed by atoms with van der Waals surface area (Å²) >= 11 is 0. The second kappa shape index (κ2) is 7.54. The van der Waals surface area contributed by atoms with E-state index in [1.54, 1.807) is 6.07 Å². The van der Waals surface area contributed by atoms with Gasteiger partial charge in [-0.1, -0.05) is 36.4 Å². The number of benzene rings is 2. The molecule has 0 saturated carbocycles. The lowest BCUT2D eigenvalue weighted by Gasteiger charge is -2.22. The minimum absolute atomic E-state index is 0.0648. The molecule has 2 aromatic rings. The number of ether oxygens (including phenoxy) is 1. The fourth-order valence-electron chi connectivity index (χ4n) is 2.22. The van der Waals surface area contributed by atoms with Crippen molar-refractivity contribution in [2.75, 3.05) is 13.7 Å². The van der Waals surface area contributed by atoms with Crippen LogP contribution in [0.3, 0.4) is 0 Å². The average molecular weight is 315 g/mol. The smallest absolute Gasteiger partial charge is 0.325 e. The Bertz CT molecular complexity index is 715. The average Bonchev–Trinajstić information content (AvgIpc) is 2.55. The third-order valence-corrected chi connectivity index (χ3v) is 3.56. The summed E-state index contributed by atoms with van der Waals surface area (Å²) in [6.45, 7) is 1.88. The van der Waals surface area contributed by atoms with E-state index in [1.165, 1.54) is 30.2 Å². The van der Waals surface area contributed by atoms with Crippen molar-refractivity contribution in [3.63, 3.8) is 0 Å². The monoisotopic (exact) mass is 315 g/mol. The van der Waals surface area contributed by atoms with Gasteiger partial charge in [-0.15, -0.1) is 0 Å². The highest BCUT2D eigenvalue weighted by atomic mass is 19.1. The molecule has 0 bridgehead atoms. The minimum Gasteiger partial charge on any atom is -0.468 e. The van der Waals surface area contributed by atoms with E-state index in [0.29, 0.717) is 0 Å². The molecular weight excluding hydrogens is 297 g/mol. The molecule has 0 radical (unpaired) electrons. The van der Waals surface area contributed by atoms with Gasteiger partial charge in [-0.3, -0.25) is 9.59 Å². The second-order valence-electron chi connectivity index (χ2n) is 5.14. The molecule has 0 aliphatic carbocycles. The number of esters is 1. The summed E-state index contributed by atoms with van der Waals surface area (Å²) in [5.74, 6) is -1.71. The molecule has 1 amide bonds. The zero-order valence-corrected chi connectivity index (χ0v) is 13.1. The van der Waals surface area contributed by atoms with Crippen LogP contribution in [0.25, 0.3) is 0 Å². The van der Waals surface area contributed by atoms with Crippen molar-refractivity contribution < 1.29 is 18.7 Å². The van der Waals surface area contributed by atoms with Crippen LogP contribution in [0.15, 0.2) is 48.5 Å². The number of methoxy groups -OCH3 is 1. The highest BCUT2D eigenvalue weighted by Gasteiger charge is 2.22. The van der Waals surface area contributed by atoms with Crippen LogP contribution in [0, 0.1) is 12.7 Å². The molecule has 0 aliphatic rings. The van der Waals surface area contributed by atoms with Gasteiger partial charge >= 0.3 is 5.97 Å². The largest absolute Gasteiger partial charge is 0.468 e. The highest BCUT2D eigenvalue weighted by Crippen LogP contribution is 2.15. The molecule has 0 fully saturated rings. The molecule has 0 heterocycles. The van der Waals surface area contributed by atoms with Gasteiger partial charge in [-0.05, 0) is 30.2 Å². The van der Waals surface area contributed by atoms with E-state index in [1.807, 2.05) is 31.2 Å². The number of rotatable bonds is 5. The van der Waals surface area contributed by atoms with Crippen LogP contribution >= 0.6 is 0 Å². The fourth-order valence-corrected chi connectivity index (χ4v) is 2.22. The predicted molar refractivity (Wildman–Crippen MR) is 84.3 cm³/mol. The lowest BCUT2D eigenvalue weighted by Crippen LogP contribution is -2.36. The van der Waals surface area contributed by atoms with Crippen LogP contribution in [0.2, 0.25) is 0 Å². The molecule has 0 aliphatic heterocycles. The Hall–Kier alpha value is -2.69. The summed E-state index contributed by atoms with van der Waals surface area (Å²) in [5, 5.41) is 0. The van der Waals surface area contributed by atoms with Gasteiger partial charge in [0.25, 0.3) is 5.91 Å². The Kier molecular flexibility index (Phi) is 5.46. The van der Waals surface area contributed by atoms with Gasteiger partial charge in [0, 0.05) is 6.54 Å². The number of carbonyl (C=O) groups is 2. The van der Waals surface area contributed by atoms with Crippen LogP contribution in [-0.4, -0.2) is 30.4 Å². The van der Waals surface area contributed by atoms with Crippen LogP contribution in [0.4, 0.5) is 4.39 Å². The first-order valence-electron chi connectivity index (χ1n) is 7.18. The number of aryl methyl sites for hydroxylation is 1. The molecule has 0 saturated heterocycles. The van der Waals surface area contributed by atoms with Crippen molar-refractivity contribution in [2.24, 2.45) is 0 Å². The molecule has 0 atom stereocenters. The topological polar surface area (TPSA) is 46.6 Å². The molecule has 5 heteroatoms. The second-order valence-corrected chi connectivity index (χ2v) is 5.14. The van der Waals surface area contributed by atoms with Gasteiger partial charge in [0.2, 0.25) is 0 Å². The first-order valence-corrected chi connectivity index (χ1v) is 7.18. The van der Waals surface area contributed by atoms with Crippen molar-refractivity contribution in [1.29, 1.82) is 0 Å². The van der Waals surface area contributed by atoms with Crippen molar-refractivity contribution in [1.82, 2.24) is 4.90 Å². The number of hydrogen-bond acceptors (Lipinski definition) is 3. The first kappa shape index (κ1) is 16.7. The number of hydrogen-bond donors (Lipinski definition) is 0. The summed E-state index contributed by atoms with van der Waals surface area (Å²) in [5.41, 5.74) is 1.81. The van der Waals surface area contributed by atoms with Gasteiger partial charge in [0.15, 0.2) is 0 Å². The highest BCUT2D eigenvalue weighted by molar-refractivity contribution is 5.96. The summed E-state index contributed by atoms with van der Waals surface area (Å²) in [6.07, 6.45) is 0. The molecule has 4 nitrogen and oxygen atoms in total. The zero-order chi connectivity index (χ0) is 16.8. The Labute approximate surface area is 134 Å². The van der Waals surface area contributed by atoms with Gasteiger partial charge < -0.3 is 9.64 Å².